The second kappa shape index (κ2) is 14.3. The zero-order chi connectivity index (χ0) is 32.4. The van der Waals surface area contributed by atoms with Crippen LogP contribution in [0.4, 0.5) is 4.79 Å². The predicted octanol–water partition coefficient (Wildman–Crippen LogP) is 3.86. The summed E-state index contributed by atoms with van der Waals surface area (Å²) in [7, 11) is -2.04. The van der Waals surface area contributed by atoms with E-state index in [1.165, 1.54) is 24.2 Å². The Hall–Kier alpha value is -2.45. The summed E-state index contributed by atoms with van der Waals surface area (Å²) >= 11 is 7.20. The first-order valence-electron chi connectivity index (χ1n) is 16.6. The topological polar surface area (TPSA) is 122 Å². The minimum absolute atomic E-state index is 0.0111. The Morgan fingerprint density at radius 3 is 2.59 bits per heavy atom. The van der Waals surface area contributed by atoms with Crippen molar-refractivity contribution in [2.75, 3.05) is 46.3 Å². The van der Waals surface area contributed by atoms with Gasteiger partial charge in [0.15, 0.2) is 0 Å². The average molecular weight is 693 g/mol. The summed E-state index contributed by atoms with van der Waals surface area (Å²) in [5.74, 6) is -0.458. The maximum absolute atomic E-state index is 13.5. The maximum atomic E-state index is 13.5. The molecule has 4 amide bonds. The van der Waals surface area contributed by atoms with E-state index in [1.807, 2.05) is 16.8 Å². The molecule has 4 fully saturated rings. The lowest BCUT2D eigenvalue weighted by Gasteiger charge is -2.35. The predicted molar refractivity (Wildman–Crippen MR) is 180 cm³/mol. The van der Waals surface area contributed by atoms with Crippen molar-refractivity contribution in [1.29, 1.82) is 0 Å². The van der Waals surface area contributed by atoms with Gasteiger partial charge in [0, 0.05) is 67.6 Å². The first kappa shape index (κ1) is 33.5. The minimum atomic E-state index is -3.93. The first-order valence-corrected chi connectivity index (χ1v) is 19.3. The van der Waals surface area contributed by atoms with Gasteiger partial charge in [-0.15, -0.1) is 11.3 Å². The average Bonchev–Trinajstić information content (AvgIpc) is 3.80. The number of thiophene rings is 1. The number of nitrogens with zero attached hydrogens (tertiary/aromatic N) is 4. The highest BCUT2D eigenvalue weighted by molar-refractivity contribution is 7.91. The van der Waals surface area contributed by atoms with Crippen LogP contribution in [0.1, 0.15) is 64.2 Å². The van der Waals surface area contributed by atoms with Gasteiger partial charge < -0.3 is 20.0 Å². The molecule has 14 heteroatoms. The lowest BCUT2D eigenvalue weighted by atomic mass is 9.96. The molecule has 1 aliphatic carbocycles. The Kier molecular flexibility index (Phi) is 10.4. The van der Waals surface area contributed by atoms with Gasteiger partial charge in [0.05, 0.1) is 6.54 Å². The van der Waals surface area contributed by atoms with E-state index in [0.29, 0.717) is 31.0 Å². The number of halogens is 1. The number of amides is 4. The molecule has 252 valence electrons. The number of likely N-dealkylation sites (tertiary alicyclic amines) is 3. The van der Waals surface area contributed by atoms with E-state index in [2.05, 4.69) is 14.9 Å². The van der Waals surface area contributed by atoms with Crippen molar-refractivity contribution in [2.24, 2.45) is 0 Å². The number of hydrogen-bond donors (Lipinski definition) is 2. The van der Waals surface area contributed by atoms with E-state index in [-0.39, 0.29) is 46.7 Å². The molecule has 0 radical (unpaired) electrons. The molecule has 2 aromatic rings. The number of likely N-dealkylation sites (N-methyl/N-ethyl adjacent to an activating group) is 1. The summed E-state index contributed by atoms with van der Waals surface area (Å²) in [5.41, 5.74) is 0. The molecule has 6 rings (SSSR count). The van der Waals surface area contributed by atoms with Crippen LogP contribution in [0, 0.1) is 0 Å². The normalized spacial score (nSPS) is 25.0. The molecule has 0 bridgehead atoms. The van der Waals surface area contributed by atoms with Crippen LogP contribution in [0.3, 0.4) is 0 Å². The third-order valence-corrected chi connectivity index (χ3v) is 13.4. The van der Waals surface area contributed by atoms with Crippen LogP contribution >= 0.6 is 22.9 Å². The van der Waals surface area contributed by atoms with E-state index in [1.54, 1.807) is 24.3 Å². The van der Waals surface area contributed by atoms with Crippen molar-refractivity contribution >= 4 is 60.9 Å². The molecule has 3 atom stereocenters. The molecule has 1 aromatic heterocycles. The number of hydrogen-bond acceptors (Lipinski definition) is 7. The molecule has 3 aliphatic heterocycles. The molecule has 46 heavy (non-hydrogen) atoms. The van der Waals surface area contributed by atoms with Crippen LogP contribution in [0.2, 0.25) is 5.02 Å². The Morgan fingerprint density at radius 2 is 1.78 bits per heavy atom. The van der Waals surface area contributed by atoms with Gasteiger partial charge in [-0.2, -0.15) is 4.72 Å². The number of fused-ring (bicyclic) bond motifs is 1. The molecule has 2 N–H and O–H groups in total. The number of benzene rings is 1. The Labute approximate surface area is 280 Å². The van der Waals surface area contributed by atoms with Crippen LogP contribution in [0.5, 0.6) is 0 Å². The highest BCUT2D eigenvalue weighted by atomic mass is 35.5. The smallest absolute Gasteiger partial charge is 0.317 e. The Bertz CT molecular complexity index is 1550. The molecule has 3 saturated heterocycles. The second-order valence-electron chi connectivity index (χ2n) is 13.3. The summed E-state index contributed by atoms with van der Waals surface area (Å²) in [6.45, 7) is 3.43. The number of nitrogens with one attached hydrogen (secondary N) is 2. The lowest BCUT2D eigenvalue weighted by molar-refractivity contribution is -0.143. The van der Waals surface area contributed by atoms with E-state index in [0.717, 1.165) is 73.2 Å². The third-order valence-electron chi connectivity index (χ3n) is 10.1. The van der Waals surface area contributed by atoms with E-state index in [4.69, 9.17) is 11.6 Å². The Balaban J connectivity index is 1.00. The van der Waals surface area contributed by atoms with Gasteiger partial charge in [-0.05, 0) is 74.6 Å². The summed E-state index contributed by atoms with van der Waals surface area (Å²) < 4.78 is 30.0. The van der Waals surface area contributed by atoms with Gasteiger partial charge in [0.2, 0.25) is 11.8 Å². The zero-order valence-corrected chi connectivity index (χ0v) is 28.8. The van der Waals surface area contributed by atoms with Crippen LogP contribution in [0.25, 0.3) is 10.1 Å². The lowest BCUT2D eigenvalue weighted by Crippen LogP contribution is -2.55. The van der Waals surface area contributed by atoms with Crippen molar-refractivity contribution < 1.29 is 22.8 Å². The van der Waals surface area contributed by atoms with Crippen LogP contribution in [-0.4, -0.2) is 116 Å². The quantitative estimate of drug-likeness (QED) is 0.412. The molecule has 11 nitrogen and oxygen atoms in total. The number of piperidine rings is 1. The zero-order valence-electron chi connectivity index (χ0n) is 26.5. The van der Waals surface area contributed by atoms with Crippen molar-refractivity contribution in [3.05, 3.63) is 29.3 Å². The highest BCUT2D eigenvalue weighted by Crippen LogP contribution is 2.31. The van der Waals surface area contributed by atoms with Gasteiger partial charge in [-0.1, -0.05) is 30.9 Å². The molecule has 0 spiro atoms. The van der Waals surface area contributed by atoms with E-state index in [9.17, 15) is 22.8 Å². The number of carbonyl (C=O) groups is 3. The van der Waals surface area contributed by atoms with Gasteiger partial charge in [-0.25, -0.2) is 13.2 Å². The van der Waals surface area contributed by atoms with Gasteiger partial charge >= 0.3 is 6.03 Å². The molecule has 1 aromatic carbocycles. The molecule has 4 aliphatic rings. The van der Waals surface area contributed by atoms with E-state index >= 15 is 0 Å². The highest BCUT2D eigenvalue weighted by Gasteiger charge is 2.38. The number of rotatable bonds is 9. The van der Waals surface area contributed by atoms with Crippen LogP contribution in [-0.2, 0) is 19.6 Å². The van der Waals surface area contributed by atoms with Gasteiger partial charge in [0.25, 0.3) is 10.0 Å². The number of sulfonamides is 1. The standard InChI is InChI=1S/C32H45ClN6O5S2/c1-36(32(42)34-24-7-3-2-4-8-24)25-13-16-37(19-25)20-26-9-5-15-39(26)29(40)21-38-14-6-10-27(31(38)41)35-46(43,44)30-18-22-17-23(33)11-12-28(22)45-30/h11-12,17-18,24-27,35H,2-10,13-16,19-21H2,1H3,(H,34,42). The largest absolute Gasteiger partial charge is 0.337 e. The fourth-order valence-corrected chi connectivity index (χ4v) is 10.3. The number of urea groups is 1. The van der Waals surface area contributed by atoms with E-state index < -0.39 is 16.1 Å². The first-order chi connectivity index (χ1) is 22.1. The van der Waals surface area contributed by atoms with Crippen LogP contribution < -0.4 is 10.0 Å². The van der Waals surface area contributed by atoms with Gasteiger partial charge in [0.1, 0.15) is 10.3 Å². The minimum Gasteiger partial charge on any atom is -0.337 e. The van der Waals surface area contributed by atoms with Crippen LogP contribution in [0.15, 0.2) is 28.5 Å². The van der Waals surface area contributed by atoms with Crippen molar-refractivity contribution in [3.63, 3.8) is 0 Å². The third kappa shape index (κ3) is 7.64. The second-order valence-corrected chi connectivity index (χ2v) is 16.8. The molecular formula is C32H45ClN6O5S2. The van der Waals surface area contributed by atoms with Crippen molar-refractivity contribution in [2.45, 2.75) is 92.6 Å². The molecular weight excluding hydrogens is 648 g/mol. The van der Waals surface area contributed by atoms with Crippen molar-refractivity contribution in [1.82, 2.24) is 29.6 Å². The molecule has 3 unspecified atom stereocenters. The fraction of sp³-hybridized carbons (Fsp3) is 0.656. The van der Waals surface area contributed by atoms with Gasteiger partial charge in [-0.3, -0.25) is 14.5 Å². The monoisotopic (exact) mass is 692 g/mol. The summed E-state index contributed by atoms with van der Waals surface area (Å²) in [4.78, 5) is 47.5. The summed E-state index contributed by atoms with van der Waals surface area (Å²) in [5, 5.41) is 4.48. The summed E-state index contributed by atoms with van der Waals surface area (Å²) in [6, 6.07) is 6.37. The fourth-order valence-electron chi connectivity index (χ4n) is 7.46. The molecule has 4 heterocycles. The molecule has 1 saturated carbocycles. The maximum Gasteiger partial charge on any atom is 0.317 e. The SMILES string of the molecule is CN(C(=O)NC1CCCCC1)C1CCN(CC2CCCN2C(=O)CN2CCCC(NS(=O)(=O)c3cc4cc(Cl)ccc4s3)C2=O)C1. The van der Waals surface area contributed by atoms with Crippen molar-refractivity contribution in [3.8, 4) is 0 Å². The Morgan fingerprint density at radius 1 is 1.00 bits per heavy atom. The number of carbonyl (C=O) groups excluding carboxylic acids is 3. The summed E-state index contributed by atoms with van der Waals surface area (Å²) in [6.07, 6.45) is 9.44.